The minimum atomic E-state index is -0.323. The Morgan fingerprint density at radius 3 is 2.69 bits per heavy atom. The summed E-state index contributed by atoms with van der Waals surface area (Å²) in [6.07, 6.45) is 6.69. The Kier molecular flexibility index (Phi) is 6.95. The van der Waals surface area contributed by atoms with Crippen LogP contribution in [0.2, 0.25) is 0 Å². The second-order valence-electron chi connectivity index (χ2n) is 9.83. The van der Waals surface area contributed by atoms with Crippen LogP contribution in [0.15, 0.2) is 60.8 Å². The van der Waals surface area contributed by atoms with E-state index in [0.717, 1.165) is 29.8 Å². The summed E-state index contributed by atoms with van der Waals surface area (Å²) in [5.74, 6) is 2.01. The van der Waals surface area contributed by atoms with Crippen molar-refractivity contribution in [1.29, 1.82) is 0 Å². The molecular formula is C31H33N3O4S. The quantitative estimate of drug-likeness (QED) is 0.285. The fraction of sp³-hybridized carbons (Fsp3) is 0.323. The van der Waals surface area contributed by atoms with Crippen LogP contribution in [-0.2, 0) is 19.4 Å². The van der Waals surface area contributed by atoms with E-state index >= 15 is 0 Å². The summed E-state index contributed by atoms with van der Waals surface area (Å²) < 4.78 is 19.1. The van der Waals surface area contributed by atoms with Crippen molar-refractivity contribution in [3.63, 3.8) is 0 Å². The summed E-state index contributed by atoms with van der Waals surface area (Å²) in [4.78, 5) is 17.7. The maximum atomic E-state index is 14.3. The van der Waals surface area contributed by atoms with Gasteiger partial charge in [-0.2, -0.15) is 0 Å². The molecule has 1 N–H and O–H groups in total. The van der Waals surface area contributed by atoms with Gasteiger partial charge in [-0.1, -0.05) is 12.1 Å². The first-order valence-electron chi connectivity index (χ1n) is 13.4. The molecule has 2 aromatic carbocycles. The number of fused-ring (bicyclic) bond motifs is 5. The molecule has 4 aromatic rings. The van der Waals surface area contributed by atoms with Gasteiger partial charge >= 0.3 is 6.03 Å². The summed E-state index contributed by atoms with van der Waals surface area (Å²) in [5.41, 5.74) is 5.28. The number of carbonyl (C=O) groups excluding carboxylic acids is 1. The van der Waals surface area contributed by atoms with Gasteiger partial charge in [0.25, 0.3) is 0 Å². The lowest BCUT2D eigenvalue weighted by atomic mass is 9.95. The standard InChI is InChI=1S/C31H33N3O4S/c1-4-38-22-10-7-9-20(17-22)29-26-12-8-16-33(26)30-24(23-11-5-6-13-28(23)39-30)19-34(29)31(35)32-25-18-21(36-2)14-15-27(25)37-3/h7-10,12,14-18,29H,4-6,11,13,19H2,1-3H3,(H,32,35). The number of benzene rings is 2. The van der Waals surface area contributed by atoms with Gasteiger partial charge in [0.15, 0.2) is 0 Å². The number of ether oxygens (including phenoxy) is 3. The Balaban J connectivity index is 1.49. The molecule has 0 radical (unpaired) electrons. The van der Waals surface area contributed by atoms with Gasteiger partial charge in [0, 0.05) is 22.7 Å². The van der Waals surface area contributed by atoms with E-state index in [2.05, 4.69) is 34.3 Å². The average molecular weight is 544 g/mol. The summed E-state index contributed by atoms with van der Waals surface area (Å²) in [6.45, 7) is 3.06. The van der Waals surface area contributed by atoms with Crippen LogP contribution in [0.25, 0.3) is 5.00 Å². The first kappa shape index (κ1) is 25.4. The number of hydrogen-bond donors (Lipinski definition) is 1. The van der Waals surface area contributed by atoms with Crippen molar-refractivity contribution in [2.45, 2.75) is 45.2 Å². The highest BCUT2D eigenvalue weighted by Crippen LogP contribution is 2.44. The van der Waals surface area contributed by atoms with Gasteiger partial charge in [-0.15, -0.1) is 11.3 Å². The molecule has 1 aliphatic carbocycles. The van der Waals surface area contributed by atoms with Crippen LogP contribution in [0.4, 0.5) is 10.5 Å². The molecule has 0 spiro atoms. The van der Waals surface area contributed by atoms with Crippen molar-refractivity contribution in [1.82, 2.24) is 9.47 Å². The highest BCUT2D eigenvalue weighted by atomic mass is 32.1. The van der Waals surface area contributed by atoms with E-state index in [1.165, 1.54) is 33.8 Å². The van der Waals surface area contributed by atoms with E-state index in [1.54, 1.807) is 26.4 Å². The molecule has 39 heavy (non-hydrogen) atoms. The number of anilines is 1. The molecule has 3 heterocycles. The maximum absolute atomic E-state index is 14.3. The number of nitrogens with zero attached hydrogens (tertiary/aromatic N) is 2. The second kappa shape index (κ2) is 10.7. The van der Waals surface area contributed by atoms with Crippen molar-refractivity contribution < 1.29 is 19.0 Å². The predicted molar refractivity (Wildman–Crippen MR) is 154 cm³/mol. The topological polar surface area (TPSA) is 65.0 Å². The smallest absolute Gasteiger partial charge is 0.323 e. The van der Waals surface area contributed by atoms with Crippen LogP contribution in [0.5, 0.6) is 17.2 Å². The van der Waals surface area contributed by atoms with Gasteiger partial charge in [-0.25, -0.2) is 4.79 Å². The highest BCUT2D eigenvalue weighted by molar-refractivity contribution is 7.15. The third-order valence-electron chi connectivity index (χ3n) is 7.57. The van der Waals surface area contributed by atoms with Crippen molar-refractivity contribution in [2.24, 2.45) is 0 Å². The third kappa shape index (κ3) is 4.63. The molecule has 6 rings (SSSR count). The number of thiophene rings is 1. The van der Waals surface area contributed by atoms with Gasteiger partial charge in [0.05, 0.1) is 44.8 Å². The fourth-order valence-electron chi connectivity index (χ4n) is 5.78. The molecule has 0 fully saturated rings. The van der Waals surface area contributed by atoms with Gasteiger partial charge in [0.2, 0.25) is 0 Å². The van der Waals surface area contributed by atoms with Crippen molar-refractivity contribution in [3.8, 4) is 22.2 Å². The van der Waals surface area contributed by atoms with Gasteiger partial charge in [0.1, 0.15) is 22.2 Å². The number of carbonyl (C=O) groups is 1. The molecule has 1 aliphatic heterocycles. The number of urea groups is 1. The molecule has 7 nitrogen and oxygen atoms in total. The molecule has 2 aliphatic rings. The molecule has 2 aromatic heterocycles. The third-order valence-corrected chi connectivity index (χ3v) is 8.91. The van der Waals surface area contributed by atoms with E-state index in [4.69, 9.17) is 14.2 Å². The fourth-order valence-corrected chi connectivity index (χ4v) is 7.18. The Bertz CT molecular complexity index is 1510. The first-order chi connectivity index (χ1) is 19.1. The number of aromatic nitrogens is 1. The summed E-state index contributed by atoms with van der Waals surface area (Å²) in [6, 6.07) is 17.2. The lowest BCUT2D eigenvalue weighted by Crippen LogP contribution is -2.38. The van der Waals surface area contributed by atoms with Crippen molar-refractivity contribution in [2.75, 3.05) is 26.1 Å². The van der Waals surface area contributed by atoms with Crippen molar-refractivity contribution in [3.05, 3.63) is 88.1 Å². The number of hydrogen-bond acceptors (Lipinski definition) is 5. The van der Waals surface area contributed by atoms with Gasteiger partial charge in [-0.3, -0.25) is 0 Å². The zero-order valence-corrected chi connectivity index (χ0v) is 23.3. The maximum Gasteiger partial charge on any atom is 0.323 e. The zero-order valence-electron chi connectivity index (χ0n) is 22.5. The Morgan fingerprint density at radius 2 is 1.87 bits per heavy atom. The molecule has 202 valence electrons. The molecule has 0 saturated carbocycles. The van der Waals surface area contributed by atoms with Crippen LogP contribution in [0, 0.1) is 0 Å². The largest absolute Gasteiger partial charge is 0.497 e. The normalized spacial score (nSPS) is 16.0. The van der Waals surface area contributed by atoms with E-state index in [-0.39, 0.29) is 12.1 Å². The summed E-state index contributed by atoms with van der Waals surface area (Å²) in [7, 11) is 3.21. The van der Waals surface area contributed by atoms with Crippen LogP contribution in [0.3, 0.4) is 0 Å². The van der Waals surface area contributed by atoms with Crippen LogP contribution in [-0.4, -0.2) is 36.3 Å². The van der Waals surface area contributed by atoms with E-state index in [1.807, 2.05) is 47.4 Å². The Morgan fingerprint density at radius 1 is 1.00 bits per heavy atom. The molecule has 0 bridgehead atoms. The van der Waals surface area contributed by atoms with Crippen LogP contribution < -0.4 is 19.5 Å². The lowest BCUT2D eigenvalue weighted by Gasteiger charge is -2.32. The minimum absolute atomic E-state index is 0.204. The SMILES string of the molecule is CCOc1cccc(C2c3cccn3-c3sc4c(c3CN2C(=O)Nc2cc(OC)ccc2OC)CCCC4)c1. The van der Waals surface area contributed by atoms with Crippen LogP contribution >= 0.6 is 11.3 Å². The minimum Gasteiger partial charge on any atom is -0.497 e. The highest BCUT2D eigenvalue weighted by Gasteiger charge is 2.36. The molecule has 8 heteroatoms. The van der Waals surface area contributed by atoms with Gasteiger partial charge < -0.3 is 29.0 Å². The number of rotatable bonds is 6. The predicted octanol–water partition coefficient (Wildman–Crippen LogP) is 6.97. The van der Waals surface area contributed by atoms with E-state index in [0.29, 0.717) is 30.3 Å². The van der Waals surface area contributed by atoms with E-state index in [9.17, 15) is 4.79 Å². The monoisotopic (exact) mass is 543 g/mol. The number of methoxy groups -OCH3 is 2. The number of amides is 2. The van der Waals surface area contributed by atoms with Crippen LogP contribution in [0.1, 0.15) is 53.1 Å². The molecule has 0 saturated heterocycles. The second-order valence-corrected chi connectivity index (χ2v) is 10.9. The Labute approximate surface area is 232 Å². The summed E-state index contributed by atoms with van der Waals surface area (Å²) in [5, 5.41) is 4.37. The molecule has 1 unspecified atom stereocenters. The number of aryl methyl sites for hydroxylation is 1. The molecule has 2 amide bonds. The lowest BCUT2D eigenvalue weighted by molar-refractivity contribution is 0.194. The number of nitrogens with one attached hydrogen (secondary N) is 1. The molecule has 1 atom stereocenters. The van der Waals surface area contributed by atoms with Gasteiger partial charge in [-0.05, 0) is 80.1 Å². The Hall–Kier alpha value is -3.91. The van der Waals surface area contributed by atoms with E-state index < -0.39 is 0 Å². The summed E-state index contributed by atoms with van der Waals surface area (Å²) >= 11 is 1.88. The zero-order chi connectivity index (χ0) is 26.9. The molecular weight excluding hydrogens is 510 g/mol. The average Bonchev–Trinajstić information content (AvgIpc) is 3.55. The van der Waals surface area contributed by atoms with Crippen molar-refractivity contribution >= 4 is 23.1 Å². The first-order valence-corrected chi connectivity index (χ1v) is 14.3.